The van der Waals surface area contributed by atoms with E-state index in [2.05, 4.69) is 5.32 Å². The number of nitrogens with two attached hydrogens (primary N) is 1. The van der Waals surface area contributed by atoms with Gasteiger partial charge in [-0.1, -0.05) is 26.0 Å². The normalized spacial score (nSPS) is 13.2. The molecule has 6 heteroatoms. The second kappa shape index (κ2) is 8.15. The third kappa shape index (κ3) is 5.54. The number of aliphatic hydroxyl groups excluding tert-OH is 1. The molecule has 22 heavy (non-hydrogen) atoms. The number of amides is 2. The van der Waals surface area contributed by atoms with Crippen molar-refractivity contribution in [2.24, 2.45) is 11.7 Å². The lowest BCUT2D eigenvalue weighted by Crippen LogP contribution is -2.49. The summed E-state index contributed by atoms with van der Waals surface area (Å²) in [5.74, 6) is -1.12. The Hall–Kier alpha value is -2.39. The van der Waals surface area contributed by atoms with Gasteiger partial charge in [0.25, 0.3) is 0 Å². The zero-order valence-electron chi connectivity index (χ0n) is 12.7. The fraction of sp³-hybridized carbons (Fsp3) is 0.438. The number of rotatable bonds is 7. The molecule has 6 nitrogen and oxygen atoms in total. The fourth-order valence-electron chi connectivity index (χ4n) is 2.00. The number of nitrogens with one attached hydrogen (secondary N) is 1. The molecule has 0 aliphatic heterocycles. The van der Waals surface area contributed by atoms with Gasteiger partial charge in [-0.2, -0.15) is 5.26 Å². The standard InChI is InChI=1S/C16H21N3O3/c1-10(2)7-14(20)16(22)19-13(15(18)21)8-11-3-5-12(9-17)6-4-11/h3-6,10,13-14,20H,7-8H2,1-2H3,(H2,18,21)(H,19,22)/t13-,14-/m0/s1. The summed E-state index contributed by atoms with van der Waals surface area (Å²) in [6.07, 6.45) is -0.641. The highest BCUT2D eigenvalue weighted by Crippen LogP contribution is 2.08. The molecule has 0 saturated carbocycles. The number of nitrogens with zero attached hydrogens (tertiary/aromatic N) is 1. The third-order valence-corrected chi connectivity index (χ3v) is 3.18. The van der Waals surface area contributed by atoms with E-state index in [0.717, 1.165) is 5.56 Å². The highest BCUT2D eigenvalue weighted by atomic mass is 16.3. The van der Waals surface area contributed by atoms with Crippen LogP contribution in [-0.2, 0) is 16.0 Å². The van der Waals surface area contributed by atoms with E-state index >= 15 is 0 Å². The van der Waals surface area contributed by atoms with Crippen molar-refractivity contribution in [1.82, 2.24) is 5.32 Å². The Morgan fingerprint density at radius 1 is 1.32 bits per heavy atom. The van der Waals surface area contributed by atoms with Crippen LogP contribution < -0.4 is 11.1 Å². The van der Waals surface area contributed by atoms with Gasteiger partial charge >= 0.3 is 0 Å². The van der Waals surface area contributed by atoms with Crippen molar-refractivity contribution in [2.45, 2.75) is 38.8 Å². The van der Waals surface area contributed by atoms with Crippen LogP contribution >= 0.6 is 0 Å². The second-order valence-electron chi connectivity index (χ2n) is 5.62. The van der Waals surface area contributed by atoms with Crippen LogP contribution in [0.5, 0.6) is 0 Å². The Balaban J connectivity index is 2.71. The van der Waals surface area contributed by atoms with Crippen LogP contribution in [0.4, 0.5) is 0 Å². The van der Waals surface area contributed by atoms with E-state index in [1.54, 1.807) is 24.3 Å². The van der Waals surface area contributed by atoms with Gasteiger partial charge in [-0.05, 0) is 30.0 Å². The largest absolute Gasteiger partial charge is 0.383 e. The average Bonchev–Trinajstić information content (AvgIpc) is 2.46. The molecule has 118 valence electrons. The molecule has 0 aliphatic carbocycles. The number of benzene rings is 1. The molecule has 1 aromatic carbocycles. The molecule has 1 aromatic rings. The number of nitriles is 1. The van der Waals surface area contributed by atoms with E-state index in [-0.39, 0.29) is 12.3 Å². The molecule has 0 fully saturated rings. The van der Waals surface area contributed by atoms with E-state index in [4.69, 9.17) is 11.0 Å². The van der Waals surface area contributed by atoms with Crippen molar-refractivity contribution in [3.05, 3.63) is 35.4 Å². The zero-order chi connectivity index (χ0) is 16.7. The van der Waals surface area contributed by atoms with Crippen molar-refractivity contribution in [3.63, 3.8) is 0 Å². The van der Waals surface area contributed by atoms with E-state index in [1.165, 1.54) is 0 Å². The van der Waals surface area contributed by atoms with E-state index in [9.17, 15) is 14.7 Å². The summed E-state index contributed by atoms with van der Waals surface area (Å²) < 4.78 is 0. The number of aliphatic hydroxyl groups is 1. The van der Waals surface area contributed by atoms with Gasteiger partial charge in [0, 0.05) is 6.42 Å². The highest BCUT2D eigenvalue weighted by Gasteiger charge is 2.23. The Bertz CT molecular complexity index is 561. The minimum Gasteiger partial charge on any atom is -0.383 e. The van der Waals surface area contributed by atoms with E-state index in [0.29, 0.717) is 12.0 Å². The first-order valence-electron chi connectivity index (χ1n) is 7.10. The highest BCUT2D eigenvalue weighted by molar-refractivity contribution is 5.88. The van der Waals surface area contributed by atoms with Crippen molar-refractivity contribution in [3.8, 4) is 6.07 Å². The Morgan fingerprint density at radius 2 is 1.91 bits per heavy atom. The maximum Gasteiger partial charge on any atom is 0.249 e. The Labute approximate surface area is 129 Å². The summed E-state index contributed by atoms with van der Waals surface area (Å²) in [5.41, 5.74) is 6.58. The number of carbonyl (C=O) groups is 2. The van der Waals surface area contributed by atoms with Crippen molar-refractivity contribution in [2.75, 3.05) is 0 Å². The average molecular weight is 303 g/mol. The third-order valence-electron chi connectivity index (χ3n) is 3.18. The first-order valence-corrected chi connectivity index (χ1v) is 7.10. The summed E-state index contributed by atoms with van der Waals surface area (Å²) in [6, 6.07) is 7.76. The maximum atomic E-state index is 11.9. The number of carbonyl (C=O) groups excluding carboxylic acids is 2. The molecule has 0 aliphatic rings. The molecule has 1 rings (SSSR count). The Kier molecular flexibility index (Phi) is 6.54. The smallest absolute Gasteiger partial charge is 0.249 e. The lowest BCUT2D eigenvalue weighted by molar-refractivity contribution is -0.133. The lowest BCUT2D eigenvalue weighted by atomic mass is 10.0. The van der Waals surface area contributed by atoms with Crippen LogP contribution in [0.25, 0.3) is 0 Å². The number of hydrogen-bond acceptors (Lipinski definition) is 4. The molecule has 2 amide bonds. The fourth-order valence-corrected chi connectivity index (χ4v) is 2.00. The first kappa shape index (κ1) is 17.7. The predicted octanol–water partition coefficient (Wildman–Crippen LogP) is 0.478. The molecule has 0 heterocycles. The van der Waals surface area contributed by atoms with Gasteiger partial charge in [0.05, 0.1) is 11.6 Å². The van der Waals surface area contributed by atoms with Gasteiger partial charge in [-0.3, -0.25) is 9.59 Å². The summed E-state index contributed by atoms with van der Waals surface area (Å²) in [7, 11) is 0. The molecule has 0 saturated heterocycles. The van der Waals surface area contributed by atoms with Gasteiger partial charge in [-0.15, -0.1) is 0 Å². The lowest BCUT2D eigenvalue weighted by Gasteiger charge is -2.19. The summed E-state index contributed by atoms with van der Waals surface area (Å²) in [6.45, 7) is 3.78. The minimum absolute atomic E-state index is 0.159. The van der Waals surface area contributed by atoms with Crippen molar-refractivity contribution < 1.29 is 14.7 Å². The van der Waals surface area contributed by atoms with Gasteiger partial charge in [-0.25, -0.2) is 0 Å². The van der Waals surface area contributed by atoms with Crippen LogP contribution in [0.15, 0.2) is 24.3 Å². The summed E-state index contributed by atoms with van der Waals surface area (Å²) >= 11 is 0. The molecule has 2 atom stereocenters. The topological polar surface area (TPSA) is 116 Å². The molecule has 4 N–H and O–H groups in total. The minimum atomic E-state index is -1.16. The number of hydrogen-bond donors (Lipinski definition) is 3. The van der Waals surface area contributed by atoms with Gasteiger partial charge in [0.15, 0.2) is 0 Å². The van der Waals surface area contributed by atoms with Crippen LogP contribution in [0.1, 0.15) is 31.4 Å². The van der Waals surface area contributed by atoms with E-state index < -0.39 is 24.0 Å². The molecular formula is C16H21N3O3. The molecule has 0 bridgehead atoms. The van der Waals surface area contributed by atoms with Crippen LogP contribution in [0.2, 0.25) is 0 Å². The summed E-state index contributed by atoms with van der Waals surface area (Å²) in [5, 5.41) is 21.0. The van der Waals surface area contributed by atoms with E-state index in [1.807, 2.05) is 19.9 Å². The zero-order valence-corrected chi connectivity index (χ0v) is 12.7. The molecular weight excluding hydrogens is 282 g/mol. The quantitative estimate of drug-likeness (QED) is 0.679. The molecule has 0 unspecified atom stereocenters. The predicted molar refractivity (Wildman–Crippen MR) is 81.4 cm³/mol. The summed E-state index contributed by atoms with van der Waals surface area (Å²) in [4.78, 5) is 23.4. The SMILES string of the molecule is CC(C)C[C@H](O)C(=O)N[C@@H](Cc1ccc(C#N)cc1)C(N)=O. The Morgan fingerprint density at radius 3 is 2.36 bits per heavy atom. The second-order valence-corrected chi connectivity index (χ2v) is 5.62. The molecule has 0 aromatic heterocycles. The van der Waals surface area contributed by atoms with Gasteiger partial charge < -0.3 is 16.2 Å². The molecule has 0 spiro atoms. The van der Waals surface area contributed by atoms with Crippen LogP contribution in [-0.4, -0.2) is 29.1 Å². The van der Waals surface area contributed by atoms with Crippen LogP contribution in [0.3, 0.4) is 0 Å². The van der Waals surface area contributed by atoms with Crippen LogP contribution in [0, 0.1) is 17.2 Å². The van der Waals surface area contributed by atoms with Gasteiger partial charge in [0.1, 0.15) is 12.1 Å². The monoisotopic (exact) mass is 303 g/mol. The first-order chi connectivity index (χ1) is 10.3. The molecule has 0 radical (unpaired) electrons. The van der Waals surface area contributed by atoms with Gasteiger partial charge in [0.2, 0.25) is 11.8 Å². The maximum absolute atomic E-state index is 11.9. The van der Waals surface area contributed by atoms with Crippen molar-refractivity contribution >= 4 is 11.8 Å². The van der Waals surface area contributed by atoms with Crippen molar-refractivity contribution in [1.29, 1.82) is 5.26 Å². The number of primary amides is 1.